The van der Waals surface area contributed by atoms with Gasteiger partial charge in [-0.05, 0) is 25.8 Å². The van der Waals surface area contributed by atoms with Crippen molar-refractivity contribution >= 4 is 34.7 Å². The number of aryl methyl sites for hydroxylation is 2. The van der Waals surface area contributed by atoms with E-state index in [1.165, 1.54) is 0 Å². The number of fused-ring (bicyclic) bond motifs is 1. The highest BCUT2D eigenvalue weighted by Crippen LogP contribution is 2.39. The van der Waals surface area contributed by atoms with Gasteiger partial charge in [0.2, 0.25) is 0 Å². The molecule has 0 saturated heterocycles. The summed E-state index contributed by atoms with van der Waals surface area (Å²) in [6.45, 7) is 5.59. The molecule has 0 aliphatic heterocycles. The van der Waals surface area contributed by atoms with Crippen molar-refractivity contribution in [1.29, 1.82) is 0 Å². The predicted octanol–water partition coefficient (Wildman–Crippen LogP) is 5.94. The van der Waals surface area contributed by atoms with Crippen molar-refractivity contribution in [3.05, 3.63) is 52.2 Å². The third kappa shape index (κ3) is 3.56. The second-order valence-corrected chi connectivity index (χ2v) is 5.91. The molecule has 0 saturated carbocycles. The van der Waals surface area contributed by atoms with Crippen molar-refractivity contribution in [2.45, 2.75) is 38.5 Å². The lowest BCUT2D eigenvalue weighted by molar-refractivity contribution is 0.607. The summed E-state index contributed by atoms with van der Waals surface area (Å²) in [5.74, 6) is -0.194. The summed E-state index contributed by atoms with van der Waals surface area (Å²) in [5.41, 5.74) is 1.43. The highest BCUT2D eigenvalue weighted by Gasteiger charge is 2.22. The van der Waals surface area contributed by atoms with Crippen molar-refractivity contribution in [3.63, 3.8) is 0 Å². The Hall–Kier alpha value is -1.46. The average molecular weight is 355 g/mol. The molecule has 0 atom stereocenters. The zero-order valence-electron chi connectivity index (χ0n) is 13.2. The summed E-state index contributed by atoms with van der Waals surface area (Å²) >= 11 is 6.05. The third-order valence-corrected chi connectivity index (χ3v) is 4.53. The quantitative estimate of drug-likeness (QED) is 0.621. The topological polar surface area (TPSA) is 25.8 Å². The number of halogens is 3. The van der Waals surface area contributed by atoms with Gasteiger partial charge in [0.1, 0.15) is 11.3 Å². The van der Waals surface area contributed by atoms with Gasteiger partial charge < -0.3 is 0 Å². The molecule has 2 aromatic rings. The number of allylic oxidation sites excluding steroid dienone is 4. The molecule has 122 valence electrons. The fourth-order valence-electron chi connectivity index (χ4n) is 2.39. The van der Waals surface area contributed by atoms with E-state index in [2.05, 4.69) is 9.97 Å². The Labute approximate surface area is 144 Å². The van der Waals surface area contributed by atoms with Gasteiger partial charge in [0.25, 0.3) is 0 Å². The molecule has 0 aliphatic rings. The summed E-state index contributed by atoms with van der Waals surface area (Å²) in [7, 11) is 0. The van der Waals surface area contributed by atoms with E-state index in [0.717, 1.165) is 0 Å². The minimum Gasteiger partial charge on any atom is -0.238 e. The van der Waals surface area contributed by atoms with Crippen LogP contribution in [0.5, 0.6) is 0 Å². The summed E-state index contributed by atoms with van der Waals surface area (Å²) in [6.07, 6.45) is 8.55. The number of hydrogen-bond donors (Lipinski definition) is 0. The van der Waals surface area contributed by atoms with Gasteiger partial charge in [-0.25, -0.2) is 14.4 Å². The van der Waals surface area contributed by atoms with Gasteiger partial charge in [0, 0.05) is 17.5 Å². The van der Waals surface area contributed by atoms with Crippen LogP contribution in [0.4, 0.5) is 8.28 Å². The van der Waals surface area contributed by atoms with E-state index < -0.39 is 5.82 Å². The Morgan fingerprint density at radius 3 is 2.61 bits per heavy atom. The lowest BCUT2D eigenvalue weighted by Gasteiger charge is -2.14. The fourth-order valence-corrected chi connectivity index (χ4v) is 3.09. The molecule has 23 heavy (non-hydrogen) atoms. The first-order valence-electron chi connectivity index (χ1n) is 7.28. The Morgan fingerprint density at radius 2 is 2.00 bits per heavy atom. The lowest BCUT2D eigenvalue weighted by atomic mass is 10.0. The third-order valence-electron chi connectivity index (χ3n) is 3.46. The molecule has 1 aromatic carbocycles. The van der Waals surface area contributed by atoms with E-state index in [-0.39, 0.29) is 27.6 Å². The van der Waals surface area contributed by atoms with Gasteiger partial charge in [-0.15, -0.1) is 0 Å². The van der Waals surface area contributed by atoms with Crippen molar-refractivity contribution in [2.24, 2.45) is 0 Å². The Morgan fingerprint density at radius 1 is 1.26 bits per heavy atom. The fraction of sp³-hybridized carbons (Fsp3) is 0.294. The smallest absolute Gasteiger partial charge is 0.167 e. The number of hydrogen-bond acceptors (Lipinski definition) is 3. The number of aromatic nitrogens is 2. The summed E-state index contributed by atoms with van der Waals surface area (Å²) in [6, 6.07) is 0. The molecule has 1 aromatic heterocycles. The SMILES string of the molecule is C/C=C/C=C/Cc1c(Cl)c(SF)c(F)c2nc(CC)nc(C)c12. The zero-order valence-corrected chi connectivity index (χ0v) is 14.7. The van der Waals surface area contributed by atoms with Gasteiger partial charge in [-0.1, -0.05) is 42.8 Å². The first kappa shape index (κ1) is 17.9. The standard InChI is InChI=1S/C17H17ClF2N2S/c1-4-6-7-8-9-11-13-10(3)21-12(5-2)22-16(13)15(19)17(23-20)14(11)18/h4,6-8H,5,9H2,1-3H3/b6-4+,8-7+. The molecular formula is C17H17ClF2N2S. The normalized spacial score (nSPS) is 12.1. The van der Waals surface area contributed by atoms with Crippen LogP contribution in [0.3, 0.4) is 0 Å². The van der Waals surface area contributed by atoms with Gasteiger partial charge in [0.15, 0.2) is 5.82 Å². The Bertz CT molecular complexity index is 788. The maximum absolute atomic E-state index is 14.6. The van der Waals surface area contributed by atoms with Gasteiger partial charge in [-0.3, -0.25) is 0 Å². The van der Waals surface area contributed by atoms with Gasteiger partial charge in [-0.2, -0.15) is 3.89 Å². The van der Waals surface area contributed by atoms with E-state index in [1.54, 1.807) is 6.92 Å². The van der Waals surface area contributed by atoms with Crippen LogP contribution in [0.1, 0.15) is 30.9 Å². The number of rotatable bonds is 5. The molecule has 1 heterocycles. The van der Waals surface area contributed by atoms with Crippen LogP contribution in [-0.2, 0) is 12.8 Å². The molecule has 0 unspecified atom stereocenters. The molecule has 0 N–H and O–H groups in total. The lowest BCUT2D eigenvalue weighted by Crippen LogP contribution is -2.03. The largest absolute Gasteiger partial charge is 0.238 e. The highest BCUT2D eigenvalue weighted by atomic mass is 35.5. The van der Waals surface area contributed by atoms with Crippen LogP contribution in [0.25, 0.3) is 10.9 Å². The van der Waals surface area contributed by atoms with Crippen LogP contribution >= 0.6 is 23.7 Å². The molecule has 0 bridgehead atoms. The molecule has 2 rings (SSSR count). The highest BCUT2D eigenvalue weighted by molar-refractivity contribution is 7.94. The number of benzene rings is 1. The molecule has 6 heteroatoms. The minimum atomic E-state index is -0.723. The second kappa shape index (κ2) is 7.88. The maximum atomic E-state index is 14.6. The molecule has 0 fully saturated rings. The molecule has 0 amide bonds. The summed E-state index contributed by atoms with van der Waals surface area (Å²) < 4.78 is 27.8. The summed E-state index contributed by atoms with van der Waals surface area (Å²) in [5, 5.41) is 0.649. The molecule has 0 aliphatic carbocycles. The first-order chi connectivity index (χ1) is 11.0. The Balaban J connectivity index is 2.77. The van der Waals surface area contributed by atoms with E-state index in [0.29, 0.717) is 35.3 Å². The molecule has 0 spiro atoms. The zero-order chi connectivity index (χ0) is 17.0. The van der Waals surface area contributed by atoms with Crippen LogP contribution in [0.15, 0.2) is 29.2 Å². The maximum Gasteiger partial charge on any atom is 0.167 e. The van der Waals surface area contributed by atoms with Gasteiger partial charge in [0.05, 0.1) is 22.1 Å². The van der Waals surface area contributed by atoms with Gasteiger partial charge >= 0.3 is 0 Å². The van der Waals surface area contributed by atoms with Crippen LogP contribution < -0.4 is 0 Å². The minimum absolute atomic E-state index is 0.0866. The first-order valence-corrected chi connectivity index (χ1v) is 8.38. The predicted molar refractivity (Wildman–Crippen MR) is 93.2 cm³/mol. The Kier molecular flexibility index (Phi) is 6.13. The van der Waals surface area contributed by atoms with E-state index >= 15 is 0 Å². The summed E-state index contributed by atoms with van der Waals surface area (Å²) in [4.78, 5) is 8.42. The monoisotopic (exact) mass is 354 g/mol. The van der Waals surface area contributed by atoms with E-state index in [9.17, 15) is 8.28 Å². The number of nitrogens with zero attached hydrogens (tertiary/aromatic N) is 2. The van der Waals surface area contributed by atoms with Crippen LogP contribution in [-0.4, -0.2) is 9.97 Å². The molecule has 2 nitrogen and oxygen atoms in total. The average Bonchev–Trinajstić information content (AvgIpc) is 2.54. The van der Waals surface area contributed by atoms with E-state index in [1.807, 2.05) is 38.2 Å². The van der Waals surface area contributed by atoms with E-state index in [4.69, 9.17) is 11.6 Å². The van der Waals surface area contributed by atoms with Crippen molar-refractivity contribution in [2.75, 3.05) is 0 Å². The van der Waals surface area contributed by atoms with Crippen molar-refractivity contribution in [1.82, 2.24) is 9.97 Å². The van der Waals surface area contributed by atoms with Crippen molar-refractivity contribution in [3.8, 4) is 0 Å². The van der Waals surface area contributed by atoms with Crippen LogP contribution in [0.2, 0.25) is 5.02 Å². The van der Waals surface area contributed by atoms with Crippen LogP contribution in [0, 0.1) is 12.7 Å². The molecular weight excluding hydrogens is 338 g/mol. The molecule has 0 radical (unpaired) electrons. The second-order valence-electron chi connectivity index (χ2n) is 4.97. The van der Waals surface area contributed by atoms with Crippen molar-refractivity contribution < 1.29 is 8.28 Å².